The van der Waals surface area contributed by atoms with Crippen LogP contribution in [0.1, 0.15) is 10.4 Å². The third kappa shape index (κ3) is 2.27. The zero-order valence-electron chi connectivity index (χ0n) is 10.0. The van der Waals surface area contributed by atoms with E-state index in [-0.39, 0.29) is 11.3 Å². The molecule has 0 spiro atoms. The maximum Gasteiger partial charge on any atom is 0.339 e. The lowest BCUT2D eigenvalue weighted by atomic mass is 10.1. The molecule has 0 amide bonds. The lowest BCUT2D eigenvalue weighted by molar-refractivity contribution is 0.0694. The fourth-order valence-corrected chi connectivity index (χ4v) is 2.60. The third-order valence-corrected chi connectivity index (χ3v) is 3.39. The van der Waals surface area contributed by atoms with Crippen molar-refractivity contribution < 1.29 is 15.0 Å². The SMILES string of the molecule is CN(C)Sc1cc(C(=O)O)c(O)c2ccccc12. The van der Waals surface area contributed by atoms with E-state index in [0.717, 1.165) is 10.3 Å². The fraction of sp³-hybridized carbons (Fsp3) is 0.154. The summed E-state index contributed by atoms with van der Waals surface area (Å²) < 4.78 is 1.88. The Hall–Kier alpha value is -1.72. The van der Waals surface area contributed by atoms with Crippen molar-refractivity contribution in [2.45, 2.75) is 4.90 Å². The van der Waals surface area contributed by atoms with Crippen LogP contribution in [-0.2, 0) is 0 Å². The van der Waals surface area contributed by atoms with Crippen LogP contribution in [0, 0.1) is 0 Å². The molecule has 0 atom stereocenters. The number of rotatable bonds is 3. The van der Waals surface area contributed by atoms with Crippen molar-refractivity contribution in [2.24, 2.45) is 0 Å². The first-order valence-electron chi connectivity index (χ1n) is 5.34. The van der Waals surface area contributed by atoms with E-state index < -0.39 is 5.97 Å². The molecule has 0 saturated heterocycles. The quantitative estimate of drug-likeness (QED) is 0.834. The van der Waals surface area contributed by atoms with Crippen molar-refractivity contribution in [1.82, 2.24) is 4.31 Å². The molecular weight excluding hydrogens is 250 g/mol. The highest BCUT2D eigenvalue weighted by Gasteiger charge is 2.16. The maximum atomic E-state index is 11.1. The van der Waals surface area contributed by atoms with E-state index in [9.17, 15) is 9.90 Å². The molecule has 0 bridgehead atoms. The van der Waals surface area contributed by atoms with Gasteiger partial charge in [0.15, 0.2) is 0 Å². The Bertz CT molecular complexity index is 610. The van der Waals surface area contributed by atoms with Gasteiger partial charge in [0.1, 0.15) is 11.3 Å². The molecule has 94 valence electrons. The Kier molecular flexibility index (Phi) is 3.45. The van der Waals surface area contributed by atoms with Gasteiger partial charge in [0.2, 0.25) is 0 Å². The molecule has 2 aromatic rings. The van der Waals surface area contributed by atoms with E-state index in [0.29, 0.717) is 5.39 Å². The van der Waals surface area contributed by atoms with E-state index in [1.807, 2.05) is 30.5 Å². The van der Waals surface area contributed by atoms with Crippen LogP contribution in [0.15, 0.2) is 35.2 Å². The molecule has 4 nitrogen and oxygen atoms in total. The summed E-state index contributed by atoms with van der Waals surface area (Å²) in [6.07, 6.45) is 0. The zero-order chi connectivity index (χ0) is 13.3. The number of hydrogen-bond donors (Lipinski definition) is 2. The van der Waals surface area contributed by atoms with Gasteiger partial charge in [-0.3, -0.25) is 4.31 Å². The Balaban J connectivity index is 2.75. The molecular formula is C13H13NO3S. The zero-order valence-corrected chi connectivity index (χ0v) is 10.9. The molecule has 2 N–H and O–H groups in total. The average molecular weight is 263 g/mol. The Labute approximate surface area is 109 Å². The summed E-state index contributed by atoms with van der Waals surface area (Å²) in [7, 11) is 3.76. The Morgan fingerprint density at radius 1 is 1.22 bits per heavy atom. The lowest BCUT2D eigenvalue weighted by Crippen LogP contribution is -2.02. The Morgan fingerprint density at radius 3 is 2.39 bits per heavy atom. The van der Waals surface area contributed by atoms with Crippen LogP contribution in [0.2, 0.25) is 0 Å². The first kappa shape index (κ1) is 12.7. The molecule has 2 aromatic carbocycles. The third-order valence-electron chi connectivity index (χ3n) is 2.49. The van der Waals surface area contributed by atoms with Gasteiger partial charge in [-0.25, -0.2) is 4.79 Å². The van der Waals surface area contributed by atoms with Gasteiger partial charge in [0, 0.05) is 15.7 Å². The minimum Gasteiger partial charge on any atom is -0.506 e. The monoisotopic (exact) mass is 263 g/mol. The molecule has 2 rings (SSSR count). The highest BCUT2D eigenvalue weighted by Crippen LogP contribution is 2.36. The normalized spacial score (nSPS) is 11.1. The van der Waals surface area contributed by atoms with E-state index >= 15 is 0 Å². The van der Waals surface area contributed by atoms with Gasteiger partial charge in [-0.05, 0) is 32.1 Å². The second-order valence-electron chi connectivity index (χ2n) is 4.03. The standard InChI is InChI=1S/C13H13NO3S/c1-14(2)18-11-7-10(13(16)17)12(15)9-6-4-3-5-8(9)11/h3-7,15H,1-2H3,(H,16,17). The predicted octanol–water partition coefficient (Wildman–Crippen LogP) is 2.81. The average Bonchev–Trinajstić information content (AvgIpc) is 2.32. The summed E-state index contributed by atoms with van der Waals surface area (Å²) in [6, 6.07) is 8.73. The summed E-state index contributed by atoms with van der Waals surface area (Å²) in [6.45, 7) is 0. The molecule has 0 saturated carbocycles. The van der Waals surface area contributed by atoms with Gasteiger partial charge < -0.3 is 10.2 Å². The second kappa shape index (κ2) is 4.88. The van der Waals surface area contributed by atoms with Gasteiger partial charge in [-0.2, -0.15) is 0 Å². The predicted molar refractivity (Wildman–Crippen MR) is 72.1 cm³/mol. The number of aromatic carboxylic acids is 1. The summed E-state index contributed by atoms with van der Waals surface area (Å²) in [5, 5.41) is 20.5. The lowest BCUT2D eigenvalue weighted by Gasteiger charge is -2.13. The summed E-state index contributed by atoms with van der Waals surface area (Å²) in [5.74, 6) is -1.31. The molecule has 0 heterocycles. The number of carbonyl (C=O) groups is 1. The van der Waals surface area contributed by atoms with E-state index in [2.05, 4.69) is 0 Å². The number of hydrogen-bond acceptors (Lipinski definition) is 4. The van der Waals surface area contributed by atoms with E-state index in [1.165, 1.54) is 18.0 Å². The Morgan fingerprint density at radius 2 is 1.83 bits per heavy atom. The van der Waals surface area contributed by atoms with Crippen molar-refractivity contribution in [3.63, 3.8) is 0 Å². The van der Waals surface area contributed by atoms with E-state index in [1.54, 1.807) is 12.1 Å². The van der Waals surface area contributed by atoms with Crippen LogP contribution >= 0.6 is 11.9 Å². The number of phenols is 1. The number of carboxylic acids is 1. The second-order valence-corrected chi connectivity index (χ2v) is 5.38. The van der Waals surface area contributed by atoms with Gasteiger partial charge >= 0.3 is 5.97 Å². The van der Waals surface area contributed by atoms with Crippen LogP contribution in [0.5, 0.6) is 5.75 Å². The molecule has 0 fully saturated rings. The molecule has 0 unspecified atom stereocenters. The first-order valence-corrected chi connectivity index (χ1v) is 6.11. The number of carboxylic acid groups (broad SMARTS) is 1. The summed E-state index contributed by atoms with van der Waals surface area (Å²) in [4.78, 5) is 11.9. The molecule has 5 heteroatoms. The number of nitrogens with zero attached hydrogens (tertiary/aromatic N) is 1. The molecule has 0 radical (unpaired) electrons. The number of fused-ring (bicyclic) bond motifs is 1. The van der Waals surface area contributed by atoms with Gasteiger partial charge in [-0.1, -0.05) is 24.3 Å². The topological polar surface area (TPSA) is 60.8 Å². The largest absolute Gasteiger partial charge is 0.506 e. The number of benzene rings is 2. The van der Waals surface area contributed by atoms with Crippen molar-refractivity contribution in [1.29, 1.82) is 0 Å². The number of aromatic hydroxyl groups is 1. The first-order chi connectivity index (χ1) is 8.50. The molecule has 0 aliphatic carbocycles. The van der Waals surface area contributed by atoms with Crippen LogP contribution in [-0.4, -0.2) is 34.6 Å². The minimum absolute atomic E-state index is 0.0712. The maximum absolute atomic E-state index is 11.1. The molecule has 0 aromatic heterocycles. The highest BCUT2D eigenvalue weighted by molar-refractivity contribution is 7.97. The summed E-state index contributed by atoms with van der Waals surface area (Å²) in [5.41, 5.74) is -0.0712. The van der Waals surface area contributed by atoms with Crippen LogP contribution in [0.3, 0.4) is 0 Å². The molecule has 0 aliphatic heterocycles. The van der Waals surface area contributed by atoms with Crippen molar-refractivity contribution in [3.05, 3.63) is 35.9 Å². The van der Waals surface area contributed by atoms with Crippen LogP contribution in [0.4, 0.5) is 0 Å². The van der Waals surface area contributed by atoms with E-state index in [4.69, 9.17) is 5.11 Å². The van der Waals surface area contributed by atoms with Crippen molar-refractivity contribution in [2.75, 3.05) is 14.1 Å². The fourth-order valence-electron chi connectivity index (χ4n) is 1.76. The van der Waals surface area contributed by atoms with Gasteiger partial charge in [0.05, 0.1) is 0 Å². The van der Waals surface area contributed by atoms with Gasteiger partial charge in [-0.15, -0.1) is 0 Å². The van der Waals surface area contributed by atoms with Gasteiger partial charge in [0.25, 0.3) is 0 Å². The highest BCUT2D eigenvalue weighted by atomic mass is 32.2. The van der Waals surface area contributed by atoms with Crippen LogP contribution in [0.25, 0.3) is 10.8 Å². The molecule has 18 heavy (non-hydrogen) atoms. The minimum atomic E-state index is -1.13. The van der Waals surface area contributed by atoms with Crippen molar-refractivity contribution >= 4 is 28.7 Å². The molecule has 0 aliphatic rings. The summed E-state index contributed by atoms with van der Waals surface area (Å²) >= 11 is 1.43. The van der Waals surface area contributed by atoms with Crippen LogP contribution < -0.4 is 0 Å². The smallest absolute Gasteiger partial charge is 0.339 e. The van der Waals surface area contributed by atoms with Crippen molar-refractivity contribution in [3.8, 4) is 5.75 Å².